The van der Waals surface area contributed by atoms with Crippen molar-refractivity contribution in [2.24, 2.45) is 5.92 Å². The molecule has 0 spiro atoms. The number of hydrogen-bond donors (Lipinski definition) is 1. The van der Waals surface area contributed by atoms with Gasteiger partial charge in [0, 0.05) is 6.04 Å². The second-order valence-corrected chi connectivity index (χ2v) is 4.25. The van der Waals surface area contributed by atoms with E-state index in [1.165, 1.54) is 19.3 Å². The molecule has 1 fully saturated rings. The zero-order chi connectivity index (χ0) is 9.97. The van der Waals surface area contributed by atoms with E-state index < -0.39 is 0 Å². The molecule has 3 nitrogen and oxygen atoms in total. The van der Waals surface area contributed by atoms with Crippen molar-refractivity contribution in [2.45, 2.75) is 32.2 Å². The van der Waals surface area contributed by atoms with E-state index in [4.69, 9.17) is 11.6 Å². The fourth-order valence-corrected chi connectivity index (χ4v) is 1.78. The molecule has 76 valence electrons. The predicted molar refractivity (Wildman–Crippen MR) is 57.5 cm³/mol. The summed E-state index contributed by atoms with van der Waals surface area (Å²) in [6, 6.07) is 4.11. The zero-order valence-corrected chi connectivity index (χ0v) is 8.96. The van der Waals surface area contributed by atoms with Gasteiger partial charge in [0.2, 0.25) is 0 Å². The maximum atomic E-state index is 5.65. The first-order chi connectivity index (χ1) is 6.75. The first-order valence-electron chi connectivity index (χ1n) is 5.01. The molecule has 1 saturated carbocycles. The number of anilines is 1. The van der Waals surface area contributed by atoms with Gasteiger partial charge in [0.15, 0.2) is 5.15 Å². The lowest BCUT2D eigenvalue weighted by atomic mass is 9.80. The van der Waals surface area contributed by atoms with Crippen LogP contribution in [0.5, 0.6) is 0 Å². The lowest BCUT2D eigenvalue weighted by molar-refractivity contribution is 0.285. The number of rotatable bonds is 3. The smallest absolute Gasteiger partial charge is 0.151 e. The molecule has 4 heteroatoms. The topological polar surface area (TPSA) is 37.8 Å². The molecule has 1 aliphatic carbocycles. The molecule has 1 aromatic heterocycles. The third-order valence-corrected chi connectivity index (χ3v) is 3.07. The Morgan fingerprint density at radius 3 is 2.71 bits per heavy atom. The summed E-state index contributed by atoms with van der Waals surface area (Å²) in [4.78, 5) is 0. The van der Waals surface area contributed by atoms with Crippen LogP contribution in [0.25, 0.3) is 0 Å². The Kier molecular flexibility index (Phi) is 2.87. The molecule has 14 heavy (non-hydrogen) atoms. The second kappa shape index (κ2) is 4.13. The van der Waals surface area contributed by atoms with E-state index in [1.807, 2.05) is 6.07 Å². The van der Waals surface area contributed by atoms with E-state index in [-0.39, 0.29) is 0 Å². The summed E-state index contributed by atoms with van der Waals surface area (Å²) in [7, 11) is 0. The van der Waals surface area contributed by atoms with E-state index in [0.29, 0.717) is 11.2 Å². The van der Waals surface area contributed by atoms with Crippen LogP contribution < -0.4 is 5.32 Å². The van der Waals surface area contributed by atoms with Crippen LogP contribution in [0.2, 0.25) is 5.15 Å². The summed E-state index contributed by atoms with van der Waals surface area (Å²) in [5.41, 5.74) is 0. The monoisotopic (exact) mass is 211 g/mol. The van der Waals surface area contributed by atoms with Gasteiger partial charge in [-0.05, 0) is 37.8 Å². The highest BCUT2D eigenvalue weighted by molar-refractivity contribution is 6.29. The number of hydrogen-bond acceptors (Lipinski definition) is 3. The van der Waals surface area contributed by atoms with Crippen LogP contribution >= 0.6 is 11.6 Å². The van der Waals surface area contributed by atoms with Crippen LogP contribution in [-0.2, 0) is 0 Å². The van der Waals surface area contributed by atoms with Crippen molar-refractivity contribution in [2.75, 3.05) is 5.32 Å². The third-order valence-electron chi connectivity index (χ3n) is 2.86. The van der Waals surface area contributed by atoms with E-state index in [1.54, 1.807) is 6.07 Å². The molecule has 0 aromatic carbocycles. The molecule has 0 bridgehead atoms. The molecule has 1 aliphatic rings. The van der Waals surface area contributed by atoms with Crippen molar-refractivity contribution in [3.63, 3.8) is 0 Å². The molecule has 1 aromatic rings. The second-order valence-electron chi connectivity index (χ2n) is 3.87. The fraction of sp³-hybridized carbons (Fsp3) is 0.600. The highest BCUT2D eigenvalue weighted by atomic mass is 35.5. The molecular formula is C10H14ClN3. The summed E-state index contributed by atoms with van der Waals surface area (Å²) >= 11 is 5.65. The van der Waals surface area contributed by atoms with Crippen LogP contribution in [0.3, 0.4) is 0 Å². The van der Waals surface area contributed by atoms with Crippen molar-refractivity contribution in [1.82, 2.24) is 10.2 Å². The Hall–Kier alpha value is -0.830. The molecule has 0 saturated heterocycles. The van der Waals surface area contributed by atoms with Gasteiger partial charge in [0.1, 0.15) is 5.82 Å². The highest BCUT2D eigenvalue weighted by Crippen LogP contribution is 2.30. The molecule has 1 unspecified atom stereocenters. The van der Waals surface area contributed by atoms with E-state index in [2.05, 4.69) is 22.4 Å². The summed E-state index contributed by atoms with van der Waals surface area (Å²) in [6.45, 7) is 2.19. The van der Waals surface area contributed by atoms with Crippen LogP contribution in [0.1, 0.15) is 26.2 Å². The van der Waals surface area contributed by atoms with Crippen LogP contribution in [0.4, 0.5) is 5.82 Å². The minimum atomic E-state index is 0.437. The molecule has 1 N–H and O–H groups in total. The van der Waals surface area contributed by atoms with Gasteiger partial charge in [0.05, 0.1) is 0 Å². The number of halogens is 1. The molecule has 0 radical (unpaired) electrons. The Morgan fingerprint density at radius 2 is 2.21 bits per heavy atom. The van der Waals surface area contributed by atoms with Gasteiger partial charge in [-0.25, -0.2) is 0 Å². The summed E-state index contributed by atoms with van der Waals surface area (Å²) in [5.74, 6) is 1.61. The van der Waals surface area contributed by atoms with Crippen molar-refractivity contribution in [3.05, 3.63) is 17.3 Å². The lowest BCUT2D eigenvalue weighted by Gasteiger charge is -2.32. The van der Waals surface area contributed by atoms with Gasteiger partial charge in [0.25, 0.3) is 0 Å². The normalized spacial score (nSPS) is 18.7. The minimum Gasteiger partial charge on any atom is -0.366 e. The maximum Gasteiger partial charge on any atom is 0.151 e. The maximum absolute atomic E-state index is 5.65. The van der Waals surface area contributed by atoms with Crippen LogP contribution in [-0.4, -0.2) is 16.2 Å². The summed E-state index contributed by atoms with van der Waals surface area (Å²) in [6.07, 6.45) is 4.02. The summed E-state index contributed by atoms with van der Waals surface area (Å²) in [5, 5.41) is 11.5. The molecule has 0 amide bonds. The average molecular weight is 212 g/mol. The molecular weight excluding hydrogens is 198 g/mol. The number of aromatic nitrogens is 2. The average Bonchev–Trinajstić information content (AvgIpc) is 2.06. The number of nitrogens with zero attached hydrogens (tertiary/aromatic N) is 2. The van der Waals surface area contributed by atoms with Crippen molar-refractivity contribution in [3.8, 4) is 0 Å². The Labute approximate surface area is 88.9 Å². The summed E-state index contributed by atoms with van der Waals surface area (Å²) < 4.78 is 0. The van der Waals surface area contributed by atoms with Gasteiger partial charge >= 0.3 is 0 Å². The Bertz CT molecular complexity index is 295. The fourth-order valence-electron chi connectivity index (χ4n) is 1.68. The van der Waals surface area contributed by atoms with E-state index >= 15 is 0 Å². The minimum absolute atomic E-state index is 0.437. The van der Waals surface area contributed by atoms with Gasteiger partial charge in [-0.3, -0.25) is 0 Å². The quantitative estimate of drug-likeness (QED) is 0.836. The largest absolute Gasteiger partial charge is 0.366 e. The van der Waals surface area contributed by atoms with Crippen molar-refractivity contribution in [1.29, 1.82) is 0 Å². The Morgan fingerprint density at radius 1 is 1.43 bits per heavy atom. The van der Waals surface area contributed by atoms with Crippen molar-refractivity contribution < 1.29 is 0 Å². The zero-order valence-electron chi connectivity index (χ0n) is 8.20. The van der Waals surface area contributed by atoms with Crippen LogP contribution in [0.15, 0.2) is 12.1 Å². The van der Waals surface area contributed by atoms with Crippen LogP contribution in [0, 0.1) is 5.92 Å². The van der Waals surface area contributed by atoms with Gasteiger partial charge in [-0.2, -0.15) is 0 Å². The predicted octanol–water partition coefficient (Wildman–Crippen LogP) is 2.73. The van der Waals surface area contributed by atoms with Gasteiger partial charge in [-0.15, -0.1) is 10.2 Å². The first kappa shape index (κ1) is 9.71. The van der Waals surface area contributed by atoms with E-state index in [0.717, 1.165) is 11.7 Å². The first-order valence-corrected chi connectivity index (χ1v) is 5.39. The van der Waals surface area contributed by atoms with Crippen molar-refractivity contribution >= 4 is 17.4 Å². The third kappa shape index (κ3) is 2.15. The molecule has 1 atom stereocenters. The standard InChI is InChI=1S/C10H14ClN3/c1-7(8-3-2-4-8)12-10-6-5-9(11)13-14-10/h5-8H,2-4H2,1H3,(H,12,14). The SMILES string of the molecule is CC(Nc1ccc(Cl)nn1)C1CCC1. The Balaban J connectivity index is 1.92. The lowest BCUT2D eigenvalue weighted by Crippen LogP contribution is -2.31. The molecule has 2 rings (SSSR count). The molecule has 1 heterocycles. The van der Waals surface area contributed by atoms with Gasteiger partial charge < -0.3 is 5.32 Å². The van der Waals surface area contributed by atoms with E-state index in [9.17, 15) is 0 Å². The highest BCUT2D eigenvalue weighted by Gasteiger charge is 2.23. The molecule has 0 aliphatic heterocycles. The number of nitrogens with one attached hydrogen (secondary N) is 1. The van der Waals surface area contributed by atoms with Gasteiger partial charge in [-0.1, -0.05) is 18.0 Å².